The van der Waals surface area contributed by atoms with Gasteiger partial charge in [-0.15, -0.1) is 0 Å². The quantitative estimate of drug-likeness (QED) is 0.437. The number of carbonyl (C=O) groups excluding carboxylic acids is 5. The number of hydrogen-bond acceptors (Lipinski definition) is 6. The maximum Gasteiger partial charge on any atom is 0.338 e. The van der Waals surface area contributed by atoms with Crippen LogP contribution in [0.15, 0.2) is 72.8 Å². The Kier molecular flexibility index (Phi) is 6.41. The number of fused-ring (bicyclic) bond motifs is 1. The molecule has 9 nitrogen and oxygen atoms in total. The first-order valence-corrected chi connectivity index (χ1v) is 10.6. The van der Waals surface area contributed by atoms with Crippen molar-refractivity contribution in [2.75, 3.05) is 30.9 Å². The van der Waals surface area contributed by atoms with Gasteiger partial charge < -0.3 is 15.0 Å². The van der Waals surface area contributed by atoms with Gasteiger partial charge >= 0.3 is 5.97 Å². The number of rotatable bonds is 6. The maximum atomic E-state index is 12.7. The van der Waals surface area contributed by atoms with Gasteiger partial charge in [-0.3, -0.25) is 19.2 Å². The summed E-state index contributed by atoms with van der Waals surface area (Å²) in [5, 5.41) is 2.58. The lowest BCUT2D eigenvalue weighted by Gasteiger charge is -2.15. The average molecular weight is 471 g/mol. The molecule has 1 N–H and O–H groups in total. The van der Waals surface area contributed by atoms with Crippen molar-refractivity contribution in [1.82, 2.24) is 4.90 Å². The highest BCUT2D eigenvalue weighted by Crippen LogP contribution is 2.28. The van der Waals surface area contributed by atoms with Gasteiger partial charge in [-0.05, 0) is 54.6 Å². The zero-order valence-electron chi connectivity index (χ0n) is 19.0. The Labute approximate surface area is 200 Å². The molecule has 3 aromatic rings. The summed E-state index contributed by atoms with van der Waals surface area (Å²) >= 11 is 0. The number of ether oxygens (including phenoxy) is 1. The normalized spacial score (nSPS) is 12.2. The summed E-state index contributed by atoms with van der Waals surface area (Å²) in [6.45, 7) is -0.547. The van der Waals surface area contributed by atoms with Crippen molar-refractivity contribution in [1.29, 1.82) is 0 Å². The third kappa shape index (κ3) is 4.79. The van der Waals surface area contributed by atoms with E-state index in [0.29, 0.717) is 22.4 Å². The number of nitrogens with zero attached hydrogens (tertiary/aromatic N) is 2. The number of carbonyl (C=O) groups is 5. The first-order chi connectivity index (χ1) is 16.8. The van der Waals surface area contributed by atoms with E-state index >= 15 is 0 Å². The van der Waals surface area contributed by atoms with Crippen molar-refractivity contribution in [3.05, 3.63) is 95.1 Å². The zero-order valence-corrected chi connectivity index (χ0v) is 19.0. The van der Waals surface area contributed by atoms with Crippen LogP contribution in [0.3, 0.4) is 0 Å². The molecule has 0 aromatic heterocycles. The van der Waals surface area contributed by atoms with Crippen molar-refractivity contribution in [2.24, 2.45) is 0 Å². The van der Waals surface area contributed by atoms with E-state index < -0.39 is 30.3 Å². The molecule has 0 saturated heterocycles. The second-order valence-corrected chi connectivity index (χ2v) is 7.94. The second-order valence-electron chi connectivity index (χ2n) is 7.94. The summed E-state index contributed by atoms with van der Waals surface area (Å²) in [6.07, 6.45) is 0. The minimum absolute atomic E-state index is 0.0819. The van der Waals surface area contributed by atoms with E-state index in [1.807, 2.05) is 0 Å². The number of nitrogens with one attached hydrogen (secondary N) is 1. The second kappa shape index (κ2) is 9.60. The van der Waals surface area contributed by atoms with Crippen LogP contribution in [0, 0.1) is 0 Å². The smallest absolute Gasteiger partial charge is 0.338 e. The first-order valence-electron chi connectivity index (χ1n) is 10.6. The molecule has 0 atom stereocenters. The molecule has 1 heterocycles. The predicted molar refractivity (Wildman–Crippen MR) is 127 cm³/mol. The number of hydrogen-bond donors (Lipinski definition) is 1. The number of anilines is 2. The molecule has 9 heteroatoms. The van der Waals surface area contributed by atoms with Gasteiger partial charge in [-0.25, -0.2) is 9.69 Å². The van der Waals surface area contributed by atoms with Gasteiger partial charge in [0.05, 0.1) is 22.4 Å². The Morgan fingerprint density at radius 3 is 2.06 bits per heavy atom. The monoisotopic (exact) mass is 471 g/mol. The van der Waals surface area contributed by atoms with Crippen LogP contribution < -0.4 is 10.2 Å². The summed E-state index contributed by atoms with van der Waals surface area (Å²) in [5.41, 5.74) is 1.80. The standard InChI is InChI=1S/C26H21N3O6/c1-28(2)23(31)16-10-12-18(13-11-16)27-22(30)15-35-26(34)17-6-5-7-19(14-17)29-24(32)20-8-3-4-9-21(20)25(29)33/h3-14H,15H2,1-2H3,(H,27,30). The fourth-order valence-corrected chi connectivity index (χ4v) is 3.56. The van der Waals surface area contributed by atoms with Crippen LogP contribution in [0.2, 0.25) is 0 Å². The minimum Gasteiger partial charge on any atom is -0.452 e. The summed E-state index contributed by atoms with van der Waals surface area (Å²) in [5.74, 6) is -2.48. The van der Waals surface area contributed by atoms with Crippen molar-refractivity contribution < 1.29 is 28.7 Å². The van der Waals surface area contributed by atoms with E-state index in [-0.39, 0.29) is 17.2 Å². The predicted octanol–water partition coefficient (Wildman–Crippen LogP) is 2.98. The lowest BCUT2D eigenvalue weighted by atomic mass is 10.1. The summed E-state index contributed by atoms with van der Waals surface area (Å²) in [6, 6.07) is 18.7. The SMILES string of the molecule is CN(C)C(=O)c1ccc(NC(=O)COC(=O)c2cccc(N3C(=O)c4ccccc4C3=O)c2)cc1. The van der Waals surface area contributed by atoms with E-state index in [9.17, 15) is 24.0 Å². The molecule has 0 saturated carbocycles. The van der Waals surface area contributed by atoms with Crippen molar-refractivity contribution in [3.8, 4) is 0 Å². The average Bonchev–Trinajstić information content (AvgIpc) is 3.12. The van der Waals surface area contributed by atoms with Crippen LogP contribution >= 0.6 is 0 Å². The third-order valence-electron chi connectivity index (χ3n) is 5.29. The molecule has 0 bridgehead atoms. The Hall–Kier alpha value is -4.79. The van der Waals surface area contributed by atoms with Crippen LogP contribution in [0.5, 0.6) is 0 Å². The van der Waals surface area contributed by atoms with Crippen LogP contribution in [0.4, 0.5) is 11.4 Å². The summed E-state index contributed by atoms with van der Waals surface area (Å²) in [7, 11) is 3.28. The van der Waals surface area contributed by atoms with Crippen LogP contribution in [0.1, 0.15) is 41.4 Å². The number of esters is 1. The Balaban J connectivity index is 1.38. The van der Waals surface area contributed by atoms with Crippen molar-refractivity contribution >= 4 is 41.0 Å². The molecule has 176 valence electrons. The molecule has 3 aromatic carbocycles. The highest BCUT2D eigenvalue weighted by molar-refractivity contribution is 6.34. The number of amides is 4. The maximum absolute atomic E-state index is 12.7. The van der Waals surface area contributed by atoms with Gasteiger partial charge in [-0.1, -0.05) is 18.2 Å². The molecule has 0 spiro atoms. The summed E-state index contributed by atoms with van der Waals surface area (Å²) in [4.78, 5) is 64.4. The minimum atomic E-state index is -0.787. The molecular weight excluding hydrogens is 450 g/mol. The highest BCUT2D eigenvalue weighted by Gasteiger charge is 2.36. The topological polar surface area (TPSA) is 113 Å². The van der Waals surface area contributed by atoms with Crippen molar-refractivity contribution in [2.45, 2.75) is 0 Å². The Bertz CT molecular complexity index is 1310. The lowest BCUT2D eigenvalue weighted by molar-refractivity contribution is -0.119. The van der Waals surface area contributed by atoms with Gasteiger partial charge in [0.15, 0.2) is 6.61 Å². The largest absolute Gasteiger partial charge is 0.452 e. The Morgan fingerprint density at radius 2 is 1.46 bits per heavy atom. The molecule has 4 rings (SSSR count). The van der Waals surface area contributed by atoms with Gasteiger partial charge in [-0.2, -0.15) is 0 Å². The van der Waals surface area contributed by atoms with E-state index in [1.165, 1.54) is 29.2 Å². The molecule has 1 aliphatic rings. The lowest BCUT2D eigenvalue weighted by Crippen LogP contribution is -2.29. The molecule has 0 unspecified atom stereocenters. The van der Waals surface area contributed by atoms with Gasteiger partial charge in [0.25, 0.3) is 23.6 Å². The number of imide groups is 1. The third-order valence-corrected chi connectivity index (χ3v) is 5.29. The molecule has 4 amide bonds. The fraction of sp³-hybridized carbons (Fsp3) is 0.115. The summed E-state index contributed by atoms with van der Waals surface area (Å²) < 4.78 is 5.09. The zero-order chi connectivity index (χ0) is 25.1. The van der Waals surface area contributed by atoms with Gasteiger partial charge in [0.2, 0.25) is 0 Å². The van der Waals surface area contributed by atoms with Gasteiger partial charge in [0, 0.05) is 25.3 Å². The van der Waals surface area contributed by atoms with E-state index in [0.717, 1.165) is 4.90 Å². The van der Waals surface area contributed by atoms with Gasteiger partial charge in [0.1, 0.15) is 0 Å². The molecule has 0 radical (unpaired) electrons. The highest BCUT2D eigenvalue weighted by atomic mass is 16.5. The number of benzene rings is 3. The molecular formula is C26H21N3O6. The van der Waals surface area contributed by atoms with Crippen LogP contribution in [0.25, 0.3) is 0 Å². The first kappa shape index (κ1) is 23.4. The Morgan fingerprint density at radius 1 is 0.829 bits per heavy atom. The van der Waals surface area contributed by atoms with E-state index in [2.05, 4.69) is 5.32 Å². The van der Waals surface area contributed by atoms with Crippen molar-refractivity contribution in [3.63, 3.8) is 0 Å². The van der Waals surface area contributed by atoms with Crippen LogP contribution in [-0.2, 0) is 9.53 Å². The van der Waals surface area contributed by atoms with E-state index in [1.54, 1.807) is 62.6 Å². The molecule has 0 fully saturated rings. The van der Waals surface area contributed by atoms with E-state index in [4.69, 9.17) is 4.74 Å². The molecule has 35 heavy (non-hydrogen) atoms. The van der Waals surface area contributed by atoms with Crippen LogP contribution in [-0.4, -0.2) is 55.2 Å². The molecule has 1 aliphatic heterocycles. The fourth-order valence-electron chi connectivity index (χ4n) is 3.56. The molecule has 0 aliphatic carbocycles.